The Morgan fingerprint density at radius 1 is 1.29 bits per heavy atom. The van der Waals surface area contributed by atoms with E-state index in [1.54, 1.807) is 18.2 Å². The molecule has 1 heterocycles. The molecule has 112 valence electrons. The molecule has 2 aromatic rings. The molecule has 0 radical (unpaired) electrons. The van der Waals surface area contributed by atoms with Crippen molar-refractivity contribution in [2.24, 2.45) is 0 Å². The molecule has 2 rings (SSSR count). The van der Waals surface area contributed by atoms with Crippen LogP contribution in [0.2, 0.25) is 0 Å². The van der Waals surface area contributed by atoms with Gasteiger partial charge in [-0.15, -0.1) is 0 Å². The van der Waals surface area contributed by atoms with E-state index in [0.29, 0.717) is 12.5 Å². The van der Waals surface area contributed by atoms with Gasteiger partial charge in [-0.1, -0.05) is 26.0 Å². The summed E-state index contributed by atoms with van der Waals surface area (Å²) in [7, 11) is 1.73. The first-order valence-corrected chi connectivity index (χ1v) is 7.05. The lowest BCUT2D eigenvalue weighted by Crippen LogP contribution is -2.30. The van der Waals surface area contributed by atoms with E-state index in [2.05, 4.69) is 19.9 Å². The van der Waals surface area contributed by atoms with Gasteiger partial charge in [0, 0.05) is 7.05 Å². The number of carbonyl (C=O) groups excluding carboxylic acids is 1. The maximum atomic E-state index is 12.0. The molecule has 0 aliphatic rings. The third kappa shape index (κ3) is 4.38. The highest BCUT2D eigenvalue weighted by atomic mass is 16.5. The molecule has 0 atom stereocenters. The van der Waals surface area contributed by atoms with Crippen molar-refractivity contribution in [2.45, 2.75) is 26.3 Å². The smallest absolute Gasteiger partial charge is 0.260 e. The highest BCUT2D eigenvalue weighted by Gasteiger charge is 2.11. The first-order chi connectivity index (χ1) is 10.1. The molecule has 0 bridgehead atoms. The lowest BCUT2D eigenvalue weighted by atomic mass is 10.0. The molecule has 0 saturated carbocycles. The zero-order valence-corrected chi connectivity index (χ0v) is 12.7. The van der Waals surface area contributed by atoms with E-state index in [0.717, 1.165) is 11.5 Å². The van der Waals surface area contributed by atoms with E-state index < -0.39 is 0 Å². The fraction of sp³-hybridized carbons (Fsp3) is 0.353. The molecule has 1 aromatic carbocycles. The second-order valence-electron chi connectivity index (χ2n) is 5.35. The topological polar surface area (TPSA) is 42.7 Å². The lowest BCUT2D eigenvalue weighted by molar-refractivity contribution is -0.132. The van der Waals surface area contributed by atoms with Crippen LogP contribution in [-0.4, -0.2) is 24.5 Å². The predicted octanol–water partition coefficient (Wildman–Crippen LogP) is 3.44. The van der Waals surface area contributed by atoms with Crippen LogP contribution in [0.3, 0.4) is 0 Å². The van der Waals surface area contributed by atoms with Crippen molar-refractivity contribution in [2.75, 3.05) is 13.7 Å². The van der Waals surface area contributed by atoms with E-state index in [9.17, 15) is 4.79 Å². The lowest BCUT2D eigenvalue weighted by Gasteiger charge is -2.16. The van der Waals surface area contributed by atoms with Gasteiger partial charge >= 0.3 is 0 Å². The van der Waals surface area contributed by atoms with Gasteiger partial charge in [0.25, 0.3) is 5.91 Å². The van der Waals surface area contributed by atoms with Gasteiger partial charge in [0.1, 0.15) is 11.5 Å². The second kappa shape index (κ2) is 6.97. The van der Waals surface area contributed by atoms with E-state index in [1.165, 1.54) is 5.56 Å². The second-order valence-corrected chi connectivity index (χ2v) is 5.35. The summed E-state index contributed by atoms with van der Waals surface area (Å²) >= 11 is 0. The highest BCUT2D eigenvalue weighted by molar-refractivity contribution is 5.77. The van der Waals surface area contributed by atoms with Crippen LogP contribution in [0.4, 0.5) is 0 Å². The SMILES string of the molecule is CC(C)c1cccc(OCC(=O)N(C)Cc2ccco2)c1. The average molecular weight is 287 g/mol. The molecular weight excluding hydrogens is 266 g/mol. The zero-order valence-electron chi connectivity index (χ0n) is 12.7. The number of benzene rings is 1. The van der Waals surface area contributed by atoms with Crippen LogP contribution >= 0.6 is 0 Å². The number of nitrogens with zero attached hydrogens (tertiary/aromatic N) is 1. The van der Waals surface area contributed by atoms with Crippen LogP contribution in [0.1, 0.15) is 31.1 Å². The average Bonchev–Trinajstić information content (AvgIpc) is 2.97. The minimum Gasteiger partial charge on any atom is -0.484 e. The number of hydrogen-bond acceptors (Lipinski definition) is 3. The van der Waals surface area contributed by atoms with Gasteiger partial charge in [0.05, 0.1) is 12.8 Å². The van der Waals surface area contributed by atoms with Crippen LogP contribution in [-0.2, 0) is 11.3 Å². The molecule has 4 heteroatoms. The first-order valence-electron chi connectivity index (χ1n) is 7.05. The van der Waals surface area contributed by atoms with Gasteiger partial charge in [0.15, 0.2) is 6.61 Å². The minimum atomic E-state index is -0.0821. The molecule has 0 fully saturated rings. The predicted molar refractivity (Wildman–Crippen MR) is 81.2 cm³/mol. The van der Waals surface area contributed by atoms with Crippen molar-refractivity contribution in [1.29, 1.82) is 0 Å². The van der Waals surface area contributed by atoms with Crippen LogP contribution < -0.4 is 4.74 Å². The molecule has 4 nitrogen and oxygen atoms in total. The van der Waals surface area contributed by atoms with Crippen molar-refractivity contribution in [3.63, 3.8) is 0 Å². The quantitative estimate of drug-likeness (QED) is 0.817. The summed E-state index contributed by atoms with van der Waals surface area (Å²) in [6, 6.07) is 11.5. The van der Waals surface area contributed by atoms with E-state index >= 15 is 0 Å². The third-order valence-corrected chi connectivity index (χ3v) is 3.29. The Balaban J connectivity index is 1.87. The van der Waals surface area contributed by atoms with Gasteiger partial charge in [0.2, 0.25) is 0 Å². The van der Waals surface area contributed by atoms with Crippen molar-refractivity contribution >= 4 is 5.91 Å². The summed E-state index contributed by atoms with van der Waals surface area (Å²) in [5, 5.41) is 0. The number of rotatable bonds is 6. The Labute approximate surface area is 125 Å². The Kier molecular flexibility index (Phi) is 5.04. The van der Waals surface area contributed by atoms with Gasteiger partial charge in [-0.3, -0.25) is 4.79 Å². The summed E-state index contributed by atoms with van der Waals surface area (Å²) in [5.74, 6) is 1.83. The Morgan fingerprint density at radius 2 is 2.10 bits per heavy atom. The fourth-order valence-electron chi connectivity index (χ4n) is 1.94. The highest BCUT2D eigenvalue weighted by Crippen LogP contribution is 2.20. The number of ether oxygens (including phenoxy) is 1. The maximum Gasteiger partial charge on any atom is 0.260 e. The summed E-state index contributed by atoms with van der Waals surface area (Å²) in [5.41, 5.74) is 1.20. The van der Waals surface area contributed by atoms with Crippen molar-refractivity contribution < 1.29 is 13.9 Å². The summed E-state index contributed by atoms with van der Waals surface area (Å²) in [6.45, 7) is 4.72. The molecule has 1 aromatic heterocycles. The minimum absolute atomic E-state index is 0.0265. The van der Waals surface area contributed by atoms with Gasteiger partial charge in [-0.05, 0) is 35.7 Å². The molecule has 0 saturated heterocycles. The molecule has 0 N–H and O–H groups in total. The Hall–Kier alpha value is -2.23. The van der Waals surface area contributed by atoms with Gasteiger partial charge < -0.3 is 14.1 Å². The molecular formula is C17H21NO3. The monoisotopic (exact) mass is 287 g/mol. The van der Waals surface area contributed by atoms with Crippen LogP contribution in [0.25, 0.3) is 0 Å². The standard InChI is InChI=1S/C17H21NO3/c1-13(2)14-6-4-7-15(10-14)21-12-17(19)18(3)11-16-8-5-9-20-16/h4-10,13H,11-12H2,1-3H3. The number of hydrogen-bond donors (Lipinski definition) is 0. The van der Waals surface area contributed by atoms with Crippen LogP contribution in [0.5, 0.6) is 5.75 Å². The van der Waals surface area contributed by atoms with Crippen molar-refractivity contribution in [3.05, 3.63) is 54.0 Å². The van der Waals surface area contributed by atoms with Crippen molar-refractivity contribution in [3.8, 4) is 5.75 Å². The maximum absolute atomic E-state index is 12.0. The van der Waals surface area contributed by atoms with E-state index in [1.807, 2.05) is 30.3 Å². The Bertz CT molecular complexity index is 575. The van der Waals surface area contributed by atoms with E-state index in [-0.39, 0.29) is 12.5 Å². The zero-order chi connectivity index (χ0) is 15.2. The summed E-state index contributed by atoms with van der Waals surface area (Å²) in [6.07, 6.45) is 1.60. The molecule has 0 unspecified atom stereocenters. The van der Waals surface area contributed by atoms with Gasteiger partial charge in [-0.2, -0.15) is 0 Å². The van der Waals surface area contributed by atoms with Crippen LogP contribution in [0.15, 0.2) is 47.1 Å². The number of furan rings is 1. The molecule has 0 aliphatic heterocycles. The molecule has 0 aliphatic carbocycles. The Morgan fingerprint density at radius 3 is 2.76 bits per heavy atom. The van der Waals surface area contributed by atoms with Crippen LogP contribution in [0, 0.1) is 0 Å². The fourth-order valence-corrected chi connectivity index (χ4v) is 1.94. The van der Waals surface area contributed by atoms with Crippen molar-refractivity contribution in [1.82, 2.24) is 4.90 Å². The number of carbonyl (C=O) groups is 1. The normalized spacial score (nSPS) is 10.7. The third-order valence-electron chi connectivity index (χ3n) is 3.29. The number of amides is 1. The summed E-state index contributed by atoms with van der Waals surface area (Å²) in [4.78, 5) is 13.6. The molecule has 1 amide bonds. The first kappa shape index (κ1) is 15.2. The molecule has 0 spiro atoms. The van der Waals surface area contributed by atoms with Gasteiger partial charge in [-0.25, -0.2) is 0 Å². The summed E-state index contributed by atoms with van der Waals surface area (Å²) < 4.78 is 10.8. The van der Waals surface area contributed by atoms with E-state index in [4.69, 9.17) is 9.15 Å². The number of likely N-dealkylation sites (N-methyl/N-ethyl adjacent to an activating group) is 1. The molecule has 21 heavy (non-hydrogen) atoms. The largest absolute Gasteiger partial charge is 0.484 e.